The summed E-state index contributed by atoms with van der Waals surface area (Å²) in [5.74, 6) is 0.351. The number of nitriles is 1. The molecule has 0 aliphatic carbocycles. The molecule has 0 aromatic heterocycles. The second-order valence-electron chi connectivity index (χ2n) is 6.83. The average molecular weight is 355 g/mol. The van der Waals surface area contributed by atoms with Crippen molar-refractivity contribution in [1.82, 2.24) is 0 Å². The Morgan fingerprint density at radius 2 is 1.31 bits per heavy atom. The second kappa shape index (κ2) is 7.45. The topological polar surface area (TPSA) is 23.8 Å². The molecule has 2 heteroatoms. The van der Waals surface area contributed by atoms with Crippen LogP contribution in [-0.2, 0) is 5.16 Å². The van der Waals surface area contributed by atoms with Gasteiger partial charge in [0.2, 0.25) is 0 Å². The SMILES string of the molecule is N#CCC1CCP(c2ccccc2)C1(c1ccccc1)c1ccccc1. The molecular formula is C24H22NP. The first-order valence-electron chi connectivity index (χ1n) is 9.18. The molecular weight excluding hydrogens is 333 g/mol. The van der Waals surface area contributed by atoms with Crippen molar-refractivity contribution in [2.45, 2.75) is 18.0 Å². The van der Waals surface area contributed by atoms with Crippen LogP contribution < -0.4 is 5.30 Å². The Kier molecular flexibility index (Phi) is 4.87. The fraction of sp³-hybridized carbons (Fsp3) is 0.208. The average Bonchev–Trinajstić information content (AvgIpc) is 3.10. The van der Waals surface area contributed by atoms with Crippen LogP contribution in [0.2, 0.25) is 0 Å². The van der Waals surface area contributed by atoms with Crippen LogP contribution in [0.4, 0.5) is 0 Å². The van der Waals surface area contributed by atoms with E-state index in [0.29, 0.717) is 12.3 Å². The van der Waals surface area contributed by atoms with Gasteiger partial charge in [-0.1, -0.05) is 98.9 Å². The molecule has 1 saturated heterocycles. The van der Waals surface area contributed by atoms with Gasteiger partial charge in [-0.2, -0.15) is 5.26 Å². The van der Waals surface area contributed by atoms with Crippen molar-refractivity contribution in [2.75, 3.05) is 6.16 Å². The van der Waals surface area contributed by atoms with E-state index in [1.54, 1.807) is 0 Å². The molecule has 1 heterocycles. The molecule has 0 bridgehead atoms. The van der Waals surface area contributed by atoms with E-state index in [1.807, 2.05) is 0 Å². The van der Waals surface area contributed by atoms with Gasteiger partial charge in [0.25, 0.3) is 0 Å². The van der Waals surface area contributed by atoms with E-state index in [9.17, 15) is 5.26 Å². The highest BCUT2D eigenvalue weighted by atomic mass is 31.1. The zero-order chi connectivity index (χ0) is 17.8. The van der Waals surface area contributed by atoms with Crippen LogP contribution >= 0.6 is 7.92 Å². The lowest BCUT2D eigenvalue weighted by molar-refractivity contribution is 0.450. The van der Waals surface area contributed by atoms with E-state index in [0.717, 1.165) is 6.42 Å². The molecule has 0 amide bonds. The maximum absolute atomic E-state index is 9.57. The largest absolute Gasteiger partial charge is 0.198 e. The molecule has 0 radical (unpaired) electrons. The summed E-state index contributed by atoms with van der Waals surface area (Å²) in [6.07, 6.45) is 2.89. The molecule has 2 atom stereocenters. The summed E-state index contributed by atoms with van der Waals surface area (Å²) in [5.41, 5.74) is 2.72. The standard InChI is InChI=1S/C24H22NP/c25-18-16-22-17-19-26(23-14-8-3-9-15-23)24(22,20-10-4-1-5-11-20)21-12-6-2-7-13-21/h1-15,22H,16-17,19H2. The van der Waals surface area contributed by atoms with Crippen molar-refractivity contribution in [2.24, 2.45) is 5.92 Å². The quantitative estimate of drug-likeness (QED) is 0.553. The maximum atomic E-state index is 9.57. The molecule has 0 saturated carbocycles. The summed E-state index contributed by atoms with van der Waals surface area (Å²) in [5, 5.41) is 10.9. The third kappa shape index (κ3) is 2.76. The predicted molar refractivity (Wildman–Crippen MR) is 110 cm³/mol. The summed E-state index contributed by atoms with van der Waals surface area (Å²) in [6, 6.07) is 35.2. The first-order valence-corrected chi connectivity index (χ1v) is 10.7. The minimum absolute atomic E-state index is 0.0884. The Hall–Kier alpha value is -2.42. The van der Waals surface area contributed by atoms with Gasteiger partial charge >= 0.3 is 0 Å². The van der Waals surface area contributed by atoms with E-state index in [4.69, 9.17) is 0 Å². The summed E-state index contributed by atoms with van der Waals surface area (Å²) < 4.78 is 0. The van der Waals surface area contributed by atoms with Gasteiger partial charge in [-0.15, -0.1) is 0 Å². The highest BCUT2D eigenvalue weighted by molar-refractivity contribution is 7.67. The molecule has 1 aliphatic rings. The molecule has 0 spiro atoms. The van der Waals surface area contributed by atoms with Gasteiger partial charge in [0, 0.05) is 11.6 Å². The van der Waals surface area contributed by atoms with E-state index >= 15 is 0 Å². The van der Waals surface area contributed by atoms with Gasteiger partial charge in [-0.3, -0.25) is 0 Å². The fourth-order valence-corrected chi connectivity index (χ4v) is 8.23. The Morgan fingerprint density at radius 1 is 0.808 bits per heavy atom. The second-order valence-corrected chi connectivity index (χ2v) is 9.36. The van der Waals surface area contributed by atoms with E-state index in [2.05, 4.69) is 97.1 Å². The van der Waals surface area contributed by atoms with Crippen LogP contribution in [0.3, 0.4) is 0 Å². The van der Waals surface area contributed by atoms with Crippen LogP contribution in [0.15, 0.2) is 91.0 Å². The monoisotopic (exact) mass is 355 g/mol. The summed E-state index contributed by atoms with van der Waals surface area (Å²) in [4.78, 5) is 0. The molecule has 3 aromatic rings. The molecule has 0 N–H and O–H groups in total. The molecule has 3 aromatic carbocycles. The highest BCUT2D eigenvalue weighted by Crippen LogP contribution is 2.69. The highest BCUT2D eigenvalue weighted by Gasteiger charge is 2.52. The van der Waals surface area contributed by atoms with Crippen LogP contribution in [-0.4, -0.2) is 6.16 Å². The number of nitrogens with zero attached hydrogens (tertiary/aromatic N) is 1. The van der Waals surface area contributed by atoms with Crippen LogP contribution in [0, 0.1) is 17.2 Å². The number of rotatable bonds is 4. The normalized spacial score (nSPS) is 21.2. The Morgan fingerprint density at radius 3 is 1.81 bits per heavy atom. The van der Waals surface area contributed by atoms with Crippen molar-refractivity contribution < 1.29 is 0 Å². The van der Waals surface area contributed by atoms with Gasteiger partial charge in [0.1, 0.15) is 0 Å². The van der Waals surface area contributed by atoms with Crippen molar-refractivity contribution >= 4 is 13.2 Å². The molecule has 128 valence electrons. The molecule has 26 heavy (non-hydrogen) atoms. The number of benzene rings is 3. The molecule has 1 fully saturated rings. The minimum atomic E-state index is -0.442. The van der Waals surface area contributed by atoms with Gasteiger partial charge in [0.05, 0.1) is 6.07 Å². The summed E-state index contributed by atoms with van der Waals surface area (Å²) in [7, 11) is -0.442. The van der Waals surface area contributed by atoms with Gasteiger partial charge < -0.3 is 0 Å². The van der Waals surface area contributed by atoms with E-state index in [1.165, 1.54) is 22.6 Å². The van der Waals surface area contributed by atoms with Crippen molar-refractivity contribution in [3.8, 4) is 6.07 Å². The lowest BCUT2D eigenvalue weighted by atomic mass is 9.77. The molecule has 1 aliphatic heterocycles. The zero-order valence-corrected chi connectivity index (χ0v) is 15.6. The first-order chi connectivity index (χ1) is 12.9. The van der Waals surface area contributed by atoms with Gasteiger partial charge in [-0.05, 0) is 34.9 Å². The Bertz CT molecular complexity index is 844. The minimum Gasteiger partial charge on any atom is -0.198 e. The summed E-state index contributed by atoms with van der Waals surface area (Å²) >= 11 is 0. The lowest BCUT2D eigenvalue weighted by Crippen LogP contribution is -2.33. The first kappa shape index (κ1) is 17.0. The fourth-order valence-electron chi connectivity index (χ4n) is 4.53. The van der Waals surface area contributed by atoms with Crippen LogP contribution in [0.1, 0.15) is 24.0 Å². The lowest BCUT2D eigenvalue weighted by Gasteiger charge is -2.41. The molecule has 2 unspecified atom stereocenters. The number of hydrogen-bond donors (Lipinski definition) is 0. The van der Waals surface area contributed by atoms with E-state index < -0.39 is 7.92 Å². The maximum Gasteiger partial charge on any atom is 0.0625 e. The Balaban J connectivity index is 1.99. The number of hydrogen-bond acceptors (Lipinski definition) is 1. The van der Waals surface area contributed by atoms with Crippen LogP contribution in [0.5, 0.6) is 0 Å². The summed E-state index contributed by atoms with van der Waals surface area (Å²) in [6.45, 7) is 0. The third-order valence-electron chi connectivity index (χ3n) is 5.55. The Labute approximate surface area is 157 Å². The van der Waals surface area contributed by atoms with Crippen LogP contribution in [0.25, 0.3) is 0 Å². The van der Waals surface area contributed by atoms with Crippen molar-refractivity contribution in [3.63, 3.8) is 0 Å². The third-order valence-corrected chi connectivity index (χ3v) is 8.91. The molecule has 1 nitrogen and oxygen atoms in total. The van der Waals surface area contributed by atoms with Gasteiger partial charge in [0.15, 0.2) is 0 Å². The zero-order valence-electron chi connectivity index (χ0n) is 14.8. The van der Waals surface area contributed by atoms with E-state index in [-0.39, 0.29) is 5.16 Å². The predicted octanol–water partition coefficient (Wildman–Crippen LogP) is 5.67. The molecule has 4 rings (SSSR count). The van der Waals surface area contributed by atoms with Crippen molar-refractivity contribution in [3.05, 3.63) is 102 Å². The van der Waals surface area contributed by atoms with Crippen molar-refractivity contribution in [1.29, 1.82) is 5.26 Å². The van der Waals surface area contributed by atoms with Gasteiger partial charge in [-0.25, -0.2) is 0 Å². The smallest absolute Gasteiger partial charge is 0.0625 e.